The van der Waals surface area contributed by atoms with Gasteiger partial charge in [0, 0.05) is 25.1 Å². The van der Waals surface area contributed by atoms with E-state index in [-0.39, 0.29) is 24.9 Å². The number of carbonyl (C=O) groups is 2. The number of carbonyl (C=O) groups excluding carboxylic acids is 2. The lowest BCUT2D eigenvalue weighted by Gasteiger charge is -2.37. The summed E-state index contributed by atoms with van der Waals surface area (Å²) in [6, 6.07) is 46.6. The molecule has 0 saturated carbocycles. The third-order valence-electron chi connectivity index (χ3n) is 9.79. The van der Waals surface area contributed by atoms with E-state index in [2.05, 4.69) is 82.8 Å². The summed E-state index contributed by atoms with van der Waals surface area (Å²) in [5.41, 5.74) is 7.69. The number of nitrogens with one attached hydrogen (secondary N) is 2. The van der Waals surface area contributed by atoms with E-state index in [1.807, 2.05) is 91.4 Å². The molecule has 256 valence electrons. The van der Waals surface area contributed by atoms with Gasteiger partial charge in [0.15, 0.2) is 0 Å². The molecule has 7 rings (SSSR count). The number of aromatic nitrogens is 2. The molecule has 0 spiro atoms. The Kier molecular flexibility index (Phi) is 10.1. The molecule has 1 heterocycles. The number of nitrogens with zero attached hydrogens (tertiary/aromatic N) is 2. The fourth-order valence-corrected chi connectivity index (χ4v) is 7.35. The van der Waals surface area contributed by atoms with Crippen molar-refractivity contribution < 1.29 is 14.3 Å². The van der Waals surface area contributed by atoms with Gasteiger partial charge in [-0.25, -0.2) is 9.78 Å². The van der Waals surface area contributed by atoms with Gasteiger partial charge in [0.1, 0.15) is 18.2 Å². The molecule has 51 heavy (non-hydrogen) atoms. The van der Waals surface area contributed by atoms with Gasteiger partial charge < -0.3 is 19.9 Å². The zero-order valence-corrected chi connectivity index (χ0v) is 28.7. The van der Waals surface area contributed by atoms with Gasteiger partial charge in [-0.1, -0.05) is 153 Å². The van der Waals surface area contributed by atoms with Crippen molar-refractivity contribution >= 4 is 12.0 Å². The van der Waals surface area contributed by atoms with E-state index >= 15 is 0 Å². The lowest BCUT2D eigenvalue weighted by Crippen LogP contribution is -2.48. The fraction of sp³-hybridized carbons (Fsp3) is 0.205. The van der Waals surface area contributed by atoms with Crippen molar-refractivity contribution in [3.05, 3.63) is 186 Å². The van der Waals surface area contributed by atoms with Crippen molar-refractivity contribution in [2.24, 2.45) is 0 Å². The third-order valence-corrected chi connectivity index (χ3v) is 9.79. The molecule has 1 atom stereocenters. The number of imidazole rings is 1. The molecule has 0 radical (unpaired) electrons. The second-order valence-electron chi connectivity index (χ2n) is 13.0. The second-order valence-corrected chi connectivity index (χ2v) is 13.0. The zero-order chi connectivity index (χ0) is 35.0. The summed E-state index contributed by atoms with van der Waals surface area (Å²) in [7, 11) is 0. The second kappa shape index (κ2) is 15.3. The Hall–Kier alpha value is -5.95. The molecular weight excluding hydrogens is 633 g/mol. The van der Waals surface area contributed by atoms with E-state index < -0.39 is 17.7 Å². The summed E-state index contributed by atoms with van der Waals surface area (Å²) in [5, 5.41) is 5.89. The van der Waals surface area contributed by atoms with E-state index in [4.69, 9.17) is 9.72 Å². The van der Waals surface area contributed by atoms with Gasteiger partial charge in [0.25, 0.3) is 0 Å². The van der Waals surface area contributed by atoms with Gasteiger partial charge in [0.2, 0.25) is 5.91 Å². The van der Waals surface area contributed by atoms with E-state index in [1.165, 1.54) is 0 Å². The molecule has 5 aromatic carbocycles. The minimum absolute atomic E-state index is 0.0854. The van der Waals surface area contributed by atoms with Gasteiger partial charge >= 0.3 is 6.09 Å². The van der Waals surface area contributed by atoms with Crippen LogP contribution in [0.4, 0.5) is 4.79 Å². The average Bonchev–Trinajstić information content (AvgIpc) is 3.78. The van der Waals surface area contributed by atoms with Crippen LogP contribution in [0.25, 0.3) is 11.1 Å². The average molecular weight is 675 g/mol. The van der Waals surface area contributed by atoms with Gasteiger partial charge in [-0.05, 0) is 45.4 Å². The minimum Gasteiger partial charge on any atom is -0.449 e. The number of benzene rings is 5. The van der Waals surface area contributed by atoms with Crippen molar-refractivity contribution in [1.82, 2.24) is 20.2 Å². The first-order valence-corrected chi connectivity index (χ1v) is 17.7. The molecular formula is C44H42N4O3. The summed E-state index contributed by atoms with van der Waals surface area (Å²) < 4.78 is 7.97. The molecule has 0 aliphatic heterocycles. The number of amides is 2. The largest absolute Gasteiger partial charge is 0.449 e. The Morgan fingerprint density at radius 1 is 0.745 bits per heavy atom. The maximum Gasteiger partial charge on any atom is 0.407 e. The summed E-state index contributed by atoms with van der Waals surface area (Å²) in [4.78, 5) is 31.9. The molecule has 0 bridgehead atoms. The lowest BCUT2D eigenvalue weighted by molar-refractivity contribution is -0.123. The topological polar surface area (TPSA) is 85.3 Å². The van der Waals surface area contributed by atoms with Gasteiger partial charge in [-0.2, -0.15) is 0 Å². The Morgan fingerprint density at radius 3 is 1.78 bits per heavy atom. The maximum absolute atomic E-state index is 13.6. The van der Waals surface area contributed by atoms with Crippen LogP contribution >= 0.6 is 0 Å². The quantitative estimate of drug-likeness (QED) is 0.0958. The van der Waals surface area contributed by atoms with E-state index in [0.717, 1.165) is 51.8 Å². The Labute approximate surface area is 299 Å². The van der Waals surface area contributed by atoms with Crippen molar-refractivity contribution in [2.75, 3.05) is 13.2 Å². The summed E-state index contributed by atoms with van der Waals surface area (Å²) >= 11 is 0. The van der Waals surface area contributed by atoms with Crippen LogP contribution in [0.15, 0.2) is 152 Å². The molecule has 1 aliphatic carbocycles. The van der Waals surface area contributed by atoms with Crippen LogP contribution in [-0.4, -0.2) is 40.7 Å². The highest BCUT2D eigenvalue weighted by Crippen LogP contribution is 2.44. The van der Waals surface area contributed by atoms with Gasteiger partial charge in [0.05, 0.1) is 12.0 Å². The van der Waals surface area contributed by atoms with E-state index in [9.17, 15) is 9.59 Å². The highest BCUT2D eigenvalue weighted by atomic mass is 16.5. The Bertz CT molecular complexity index is 1940. The van der Waals surface area contributed by atoms with Crippen molar-refractivity contribution in [3.63, 3.8) is 0 Å². The number of fused-ring (bicyclic) bond motifs is 3. The molecule has 0 saturated heterocycles. The monoisotopic (exact) mass is 674 g/mol. The zero-order valence-electron chi connectivity index (χ0n) is 28.7. The van der Waals surface area contributed by atoms with Crippen LogP contribution in [0.1, 0.15) is 59.2 Å². The smallest absolute Gasteiger partial charge is 0.407 e. The van der Waals surface area contributed by atoms with Crippen LogP contribution in [0, 0.1) is 0 Å². The number of hydrogen-bond donors (Lipinski definition) is 2. The normalized spacial score (nSPS) is 12.8. The van der Waals surface area contributed by atoms with Crippen LogP contribution in [0.3, 0.4) is 0 Å². The molecule has 1 aromatic heterocycles. The first kappa shape index (κ1) is 33.5. The third kappa shape index (κ3) is 6.80. The predicted molar refractivity (Wildman–Crippen MR) is 200 cm³/mol. The number of rotatable bonds is 13. The number of alkyl carbamates (subject to hydrolysis) is 1. The lowest BCUT2D eigenvalue weighted by atomic mass is 9.77. The first-order chi connectivity index (χ1) is 25.1. The highest BCUT2D eigenvalue weighted by molar-refractivity contribution is 5.86. The predicted octanol–water partition coefficient (Wildman–Crippen LogP) is 8.09. The van der Waals surface area contributed by atoms with E-state index in [1.54, 1.807) is 0 Å². The van der Waals surface area contributed by atoms with Crippen molar-refractivity contribution in [1.29, 1.82) is 0 Å². The first-order valence-electron chi connectivity index (χ1n) is 17.7. The van der Waals surface area contributed by atoms with Crippen molar-refractivity contribution in [3.8, 4) is 11.1 Å². The van der Waals surface area contributed by atoms with E-state index in [0.29, 0.717) is 12.2 Å². The summed E-state index contributed by atoms with van der Waals surface area (Å²) in [5.74, 6) is -0.357. The Morgan fingerprint density at radius 2 is 1.25 bits per heavy atom. The fourth-order valence-electron chi connectivity index (χ4n) is 7.35. The summed E-state index contributed by atoms with van der Waals surface area (Å²) in [6.45, 7) is 2.75. The summed E-state index contributed by atoms with van der Waals surface area (Å²) in [6.07, 6.45) is 5.13. The van der Waals surface area contributed by atoms with Crippen LogP contribution < -0.4 is 10.6 Å². The SMILES string of the molecule is CCCCNC(=O)[C@H](Cc1cn(C(c2ccccc2)(c2ccccc2)c2ccccc2)cn1)NC(=O)OCC1c2ccccc2-c2ccccc21. The Balaban J connectivity index is 1.17. The molecule has 7 heteroatoms. The molecule has 0 fully saturated rings. The van der Waals surface area contributed by atoms with Gasteiger partial charge in [-0.15, -0.1) is 0 Å². The highest BCUT2D eigenvalue weighted by Gasteiger charge is 2.39. The number of unbranched alkanes of at least 4 members (excludes halogenated alkanes) is 1. The molecule has 2 N–H and O–H groups in total. The molecule has 7 nitrogen and oxygen atoms in total. The molecule has 0 unspecified atom stereocenters. The van der Waals surface area contributed by atoms with Crippen LogP contribution in [0.2, 0.25) is 0 Å². The maximum atomic E-state index is 13.6. The molecule has 6 aromatic rings. The number of ether oxygens (including phenoxy) is 1. The minimum atomic E-state index is -0.888. The van der Waals surface area contributed by atoms with Gasteiger partial charge in [-0.3, -0.25) is 4.79 Å². The molecule has 2 amide bonds. The van der Waals surface area contributed by atoms with Crippen molar-refractivity contribution in [2.45, 2.75) is 43.7 Å². The van der Waals surface area contributed by atoms with Crippen LogP contribution in [-0.2, 0) is 21.5 Å². The van der Waals surface area contributed by atoms with Crippen LogP contribution in [0.5, 0.6) is 0 Å². The number of hydrogen-bond acceptors (Lipinski definition) is 4. The molecule has 1 aliphatic rings. The standard InChI is InChI=1S/C44H42N4O3/c1-2-3-27-45-42(49)41(47-43(50)51-30-40-38-25-15-13-23-36(38)37-24-14-16-26-39(37)40)28-35-29-48(31-46-35)44(32-17-7-4-8-18-32,33-19-9-5-10-20-33)34-21-11-6-12-22-34/h4-26,29,31,40-41H,2-3,27-28,30H2,1H3,(H,45,49)(H,47,50)/t41-/m0/s1.